The van der Waals surface area contributed by atoms with Gasteiger partial charge in [0.05, 0.1) is 6.61 Å². The highest BCUT2D eigenvalue weighted by Gasteiger charge is 2.11. The van der Waals surface area contributed by atoms with E-state index in [1.54, 1.807) is 0 Å². The maximum Gasteiger partial charge on any atom is 0.249 e. The predicted molar refractivity (Wildman–Crippen MR) is 82.7 cm³/mol. The van der Waals surface area contributed by atoms with Crippen LogP contribution in [0.5, 0.6) is 17.5 Å². The van der Waals surface area contributed by atoms with E-state index in [0.717, 1.165) is 6.42 Å². The third-order valence-corrected chi connectivity index (χ3v) is 3.05. The Balaban J connectivity index is 2.09. The van der Waals surface area contributed by atoms with Crippen molar-refractivity contribution in [2.24, 2.45) is 0 Å². The second-order valence-corrected chi connectivity index (χ2v) is 4.68. The smallest absolute Gasteiger partial charge is 0.249 e. The van der Waals surface area contributed by atoms with Crippen molar-refractivity contribution in [3.05, 3.63) is 36.2 Å². The second-order valence-electron chi connectivity index (χ2n) is 4.68. The fourth-order valence-electron chi connectivity index (χ4n) is 1.91. The molecule has 5 heteroatoms. The largest absolute Gasteiger partial charge is 0.476 e. The minimum atomic E-state index is 0.314. The number of nitrogens with two attached hydrogens (primary N) is 1. The average Bonchev–Trinajstić information content (AvgIpc) is 2.51. The van der Waals surface area contributed by atoms with Crippen molar-refractivity contribution in [3.8, 4) is 17.5 Å². The van der Waals surface area contributed by atoms with Crippen molar-refractivity contribution in [1.29, 1.82) is 0 Å². The van der Waals surface area contributed by atoms with Crippen LogP contribution in [0.4, 0.5) is 5.69 Å². The fourth-order valence-corrected chi connectivity index (χ4v) is 1.91. The third kappa shape index (κ3) is 4.08. The lowest BCUT2D eigenvalue weighted by molar-refractivity contribution is 0.325. The molecule has 1 aromatic heterocycles. The van der Waals surface area contributed by atoms with Gasteiger partial charge in [0.1, 0.15) is 12.1 Å². The van der Waals surface area contributed by atoms with Gasteiger partial charge in [-0.25, -0.2) is 0 Å². The van der Waals surface area contributed by atoms with Crippen LogP contribution >= 0.6 is 0 Å². The molecule has 0 radical (unpaired) electrons. The number of aryl methyl sites for hydroxylation is 1. The van der Waals surface area contributed by atoms with Gasteiger partial charge in [-0.15, -0.1) is 0 Å². The predicted octanol–water partition coefficient (Wildman–Crippen LogP) is 3.59. The number of hydrogen-bond donors (Lipinski definition) is 1. The van der Waals surface area contributed by atoms with E-state index in [-0.39, 0.29) is 0 Å². The van der Waals surface area contributed by atoms with E-state index in [1.165, 1.54) is 24.7 Å². The molecule has 2 aromatic rings. The van der Waals surface area contributed by atoms with Crippen molar-refractivity contribution in [2.45, 2.75) is 33.1 Å². The molecule has 0 saturated carbocycles. The molecular formula is C16H21N3O2. The monoisotopic (exact) mass is 287 g/mol. The molecule has 0 aliphatic carbocycles. The highest BCUT2D eigenvalue weighted by atomic mass is 16.5. The molecule has 1 aromatic carbocycles. The third-order valence-electron chi connectivity index (χ3n) is 3.05. The van der Waals surface area contributed by atoms with Crippen molar-refractivity contribution < 1.29 is 9.47 Å². The van der Waals surface area contributed by atoms with Gasteiger partial charge in [-0.05, 0) is 37.5 Å². The lowest BCUT2D eigenvalue weighted by Gasteiger charge is -2.10. The number of nitrogen functional groups attached to an aromatic ring is 1. The van der Waals surface area contributed by atoms with E-state index in [4.69, 9.17) is 15.2 Å². The van der Waals surface area contributed by atoms with Crippen LogP contribution in [0, 0.1) is 0 Å². The van der Waals surface area contributed by atoms with Gasteiger partial charge in [0.2, 0.25) is 11.8 Å². The van der Waals surface area contributed by atoms with Gasteiger partial charge in [-0.1, -0.05) is 25.5 Å². The zero-order valence-corrected chi connectivity index (χ0v) is 12.5. The Morgan fingerprint density at radius 3 is 2.43 bits per heavy atom. The number of nitrogens with zero attached hydrogens (tertiary/aromatic N) is 2. The van der Waals surface area contributed by atoms with E-state index in [9.17, 15) is 0 Å². The molecule has 0 aliphatic heterocycles. The lowest BCUT2D eigenvalue weighted by atomic mass is 10.1. The minimum Gasteiger partial charge on any atom is -0.476 e. The molecule has 5 nitrogen and oxygen atoms in total. The Bertz CT molecular complexity index is 570. The van der Waals surface area contributed by atoms with E-state index < -0.39 is 0 Å². The summed E-state index contributed by atoms with van der Waals surface area (Å²) >= 11 is 0. The van der Waals surface area contributed by atoms with Crippen molar-refractivity contribution in [2.75, 3.05) is 12.3 Å². The van der Waals surface area contributed by atoms with Crippen LogP contribution < -0.4 is 15.2 Å². The van der Waals surface area contributed by atoms with Crippen LogP contribution in [0.2, 0.25) is 0 Å². The Hall–Kier alpha value is -2.30. The molecule has 2 N–H and O–H groups in total. The molecule has 0 bridgehead atoms. The molecular weight excluding hydrogens is 266 g/mol. The molecule has 0 unspecified atom stereocenters. The zero-order valence-electron chi connectivity index (χ0n) is 12.5. The second kappa shape index (κ2) is 7.47. The molecule has 0 amide bonds. The highest BCUT2D eigenvalue weighted by Crippen LogP contribution is 2.30. The van der Waals surface area contributed by atoms with E-state index >= 15 is 0 Å². The van der Waals surface area contributed by atoms with Crippen LogP contribution in [0.3, 0.4) is 0 Å². The van der Waals surface area contributed by atoms with Gasteiger partial charge in [-0.3, -0.25) is 0 Å². The van der Waals surface area contributed by atoms with Crippen molar-refractivity contribution in [3.63, 3.8) is 0 Å². The van der Waals surface area contributed by atoms with E-state index in [1.807, 2.05) is 19.1 Å². The zero-order chi connectivity index (χ0) is 15.1. The quantitative estimate of drug-likeness (QED) is 0.842. The summed E-state index contributed by atoms with van der Waals surface area (Å²) in [5.74, 6) is 1.36. The standard InChI is InChI=1S/C16H21N3O2/c1-3-5-6-12-7-9-13(10-8-12)21-16-14(17)15(20-4-2)18-11-19-16/h7-11H,3-6,17H2,1-2H3. The van der Waals surface area contributed by atoms with Gasteiger partial charge < -0.3 is 15.2 Å². The summed E-state index contributed by atoms with van der Waals surface area (Å²) in [5, 5.41) is 0. The van der Waals surface area contributed by atoms with Gasteiger partial charge in [-0.2, -0.15) is 9.97 Å². The summed E-state index contributed by atoms with van der Waals surface area (Å²) < 4.78 is 11.0. The van der Waals surface area contributed by atoms with Crippen LogP contribution in [-0.2, 0) is 6.42 Å². The number of hydrogen-bond acceptors (Lipinski definition) is 5. The number of unbranched alkanes of at least 4 members (excludes halogenated alkanes) is 1. The fraction of sp³-hybridized carbons (Fsp3) is 0.375. The molecule has 0 spiro atoms. The summed E-state index contributed by atoms with van der Waals surface area (Å²) in [5.41, 5.74) is 7.55. The Morgan fingerprint density at radius 1 is 1.05 bits per heavy atom. The minimum absolute atomic E-state index is 0.314. The van der Waals surface area contributed by atoms with Gasteiger partial charge in [0.15, 0.2) is 5.69 Å². The maximum absolute atomic E-state index is 5.94. The first kappa shape index (κ1) is 15.1. The number of aromatic nitrogens is 2. The summed E-state index contributed by atoms with van der Waals surface area (Å²) in [7, 11) is 0. The molecule has 2 rings (SSSR count). The van der Waals surface area contributed by atoms with Crippen molar-refractivity contribution in [1.82, 2.24) is 9.97 Å². The Kier molecular flexibility index (Phi) is 5.37. The van der Waals surface area contributed by atoms with E-state index in [2.05, 4.69) is 29.0 Å². The molecule has 0 fully saturated rings. The summed E-state index contributed by atoms with van der Waals surface area (Å²) in [6.07, 6.45) is 4.85. The van der Waals surface area contributed by atoms with E-state index in [0.29, 0.717) is 29.8 Å². The normalized spacial score (nSPS) is 10.4. The molecule has 0 atom stereocenters. The van der Waals surface area contributed by atoms with Crippen LogP contribution in [0.1, 0.15) is 32.3 Å². The molecule has 112 valence electrons. The van der Waals surface area contributed by atoms with Gasteiger partial charge >= 0.3 is 0 Å². The topological polar surface area (TPSA) is 70.3 Å². The number of rotatable bonds is 7. The first-order valence-electron chi connectivity index (χ1n) is 7.24. The average molecular weight is 287 g/mol. The number of ether oxygens (including phenoxy) is 2. The Labute approximate surface area is 125 Å². The van der Waals surface area contributed by atoms with Crippen molar-refractivity contribution >= 4 is 5.69 Å². The molecule has 0 aliphatic rings. The SMILES string of the molecule is CCCCc1ccc(Oc2ncnc(OCC)c2N)cc1. The first-order valence-corrected chi connectivity index (χ1v) is 7.24. The van der Waals surface area contributed by atoms with Crippen LogP contribution in [-0.4, -0.2) is 16.6 Å². The van der Waals surface area contributed by atoms with Crippen LogP contribution in [0.15, 0.2) is 30.6 Å². The molecule has 0 saturated heterocycles. The lowest BCUT2D eigenvalue weighted by Crippen LogP contribution is -2.02. The maximum atomic E-state index is 5.94. The number of anilines is 1. The Morgan fingerprint density at radius 2 is 1.76 bits per heavy atom. The summed E-state index contributed by atoms with van der Waals surface area (Å²) in [6.45, 7) is 4.55. The molecule has 21 heavy (non-hydrogen) atoms. The summed E-state index contributed by atoms with van der Waals surface area (Å²) in [4.78, 5) is 8.03. The van der Waals surface area contributed by atoms with Gasteiger partial charge in [0.25, 0.3) is 0 Å². The number of benzene rings is 1. The summed E-state index contributed by atoms with van der Waals surface area (Å²) in [6, 6.07) is 7.97. The highest BCUT2D eigenvalue weighted by molar-refractivity contribution is 5.56. The van der Waals surface area contributed by atoms with Crippen LogP contribution in [0.25, 0.3) is 0 Å². The first-order chi connectivity index (χ1) is 10.2. The van der Waals surface area contributed by atoms with Gasteiger partial charge in [0, 0.05) is 0 Å². The molecule has 1 heterocycles.